The highest BCUT2D eigenvalue weighted by Crippen LogP contribution is 2.24. The SMILES string of the molecule is CN(CCNC(=O)c1cccc(S(=O)(=O)Nc2ccc(Br)cc2)c1)C1CC1. The highest BCUT2D eigenvalue weighted by Gasteiger charge is 2.25. The first-order valence-electron chi connectivity index (χ1n) is 8.72. The van der Waals surface area contributed by atoms with Crippen LogP contribution in [0.15, 0.2) is 57.9 Å². The van der Waals surface area contributed by atoms with Crippen LogP contribution in [0, 0.1) is 0 Å². The topological polar surface area (TPSA) is 78.5 Å². The Hall–Kier alpha value is -1.90. The number of carbonyl (C=O) groups excluding carboxylic acids is 1. The first kappa shape index (κ1) is 19.9. The molecule has 0 saturated heterocycles. The molecule has 8 heteroatoms. The van der Waals surface area contributed by atoms with Gasteiger partial charge in [-0.3, -0.25) is 9.52 Å². The summed E-state index contributed by atoms with van der Waals surface area (Å²) in [6.07, 6.45) is 2.44. The summed E-state index contributed by atoms with van der Waals surface area (Å²) in [5.41, 5.74) is 0.777. The van der Waals surface area contributed by atoms with Gasteiger partial charge >= 0.3 is 0 Å². The van der Waals surface area contributed by atoms with Crippen LogP contribution in [-0.4, -0.2) is 45.4 Å². The summed E-state index contributed by atoms with van der Waals surface area (Å²) in [5.74, 6) is -0.278. The van der Waals surface area contributed by atoms with Crippen LogP contribution in [0.5, 0.6) is 0 Å². The van der Waals surface area contributed by atoms with Gasteiger partial charge in [0.1, 0.15) is 0 Å². The lowest BCUT2D eigenvalue weighted by Crippen LogP contribution is -2.34. The number of hydrogen-bond donors (Lipinski definition) is 2. The van der Waals surface area contributed by atoms with Crippen LogP contribution >= 0.6 is 15.9 Å². The van der Waals surface area contributed by atoms with E-state index in [2.05, 4.69) is 30.9 Å². The smallest absolute Gasteiger partial charge is 0.261 e. The largest absolute Gasteiger partial charge is 0.351 e. The van der Waals surface area contributed by atoms with Crippen molar-refractivity contribution in [2.24, 2.45) is 0 Å². The molecule has 1 aliphatic rings. The molecule has 3 rings (SSSR count). The van der Waals surface area contributed by atoms with E-state index in [4.69, 9.17) is 0 Å². The number of sulfonamides is 1. The molecule has 2 aromatic rings. The van der Waals surface area contributed by atoms with E-state index in [1.54, 1.807) is 36.4 Å². The van der Waals surface area contributed by atoms with E-state index in [0.717, 1.165) is 11.0 Å². The molecule has 1 amide bonds. The van der Waals surface area contributed by atoms with Crippen molar-refractivity contribution in [3.05, 3.63) is 58.6 Å². The molecule has 1 fully saturated rings. The Morgan fingerprint density at radius 1 is 1.19 bits per heavy atom. The Morgan fingerprint density at radius 3 is 2.56 bits per heavy atom. The molecule has 0 spiro atoms. The Labute approximate surface area is 168 Å². The number of likely N-dealkylation sites (N-methyl/N-ethyl adjacent to an activating group) is 1. The lowest BCUT2D eigenvalue weighted by molar-refractivity contribution is 0.0949. The molecule has 2 N–H and O–H groups in total. The highest BCUT2D eigenvalue weighted by molar-refractivity contribution is 9.10. The quantitative estimate of drug-likeness (QED) is 0.646. The van der Waals surface area contributed by atoms with Crippen LogP contribution in [-0.2, 0) is 10.0 Å². The monoisotopic (exact) mass is 451 g/mol. The molecule has 0 radical (unpaired) electrons. The standard InChI is InChI=1S/C19H22BrN3O3S/c1-23(17-9-10-17)12-11-21-19(24)14-3-2-4-18(13-14)27(25,26)22-16-7-5-15(20)6-8-16/h2-8,13,17,22H,9-12H2,1H3,(H,21,24). The van der Waals surface area contributed by atoms with Crippen LogP contribution in [0.4, 0.5) is 5.69 Å². The van der Waals surface area contributed by atoms with E-state index in [0.29, 0.717) is 23.8 Å². The summed E-state index contributed by atoms with van der Waals surface area (Å²) in [6.45, 7) is 1.31. The third kappa shape index (κ3) is 5.54. The van der Waals surface area contributed by atoms with Gasteiger partial charge in [-0.1, -0.05) is 22.0 Å². The summed E-state index contributed by atoms with van der Waals surface area (Å²) >= 11 is 3.31. The second-order valence-corrected chi connectivity index (χ2v) is 9.21. The molecule has 27 heavy (non-hydrogen) atoms. The van der Waals surface area contributed by atoms with Gasteiger partial charge < -0.3 is 10.2 Å². The van der Waals surface area contributed by atoms with Gasteiger partial charge in [0.2, 0.25) is 0 Å². The molecule has 144 valence electrons. The highest BCUT2D eigenvalue weighted by atomic mass is 79.9. The van der Waals surface area contributed by atoms with E-state index in [1.165, 1.54) is 25.0 Å². The fourth-order valence-electron chi connectivity index (χ4n) is 2.68. The van der Waals surface area contributed by atoms with Gasteiger partial charge in [-0.05, 0) is 62.4 Å². The minimum absolute atomic E-state index is 0.0492. The number of carbonyl (C=O) groups is 1. The fourth-order valence-corrected chi connectivity index (χ4v) is 4.05. The lowest BCUT2D eigenvalue weighted by Gasteiger charge is -2.15. The van der Waals surface area contributed by atoms with Crippen molar-refractivity contribution < 1.29 is 13.2 Å². The second-order valence-electron chi connectivity index (χ2n) is 6.61. The van der Waals surface area contributed by atoms with Gasteiger partial charge in [-0.25, -0.2) is 8.42 Å². The average Bonchev–Trinajstić information content (AvgIpc) is 3.49. The van der Waals surface area contributed by atoms with E-state index in [9.17, 15) is 13.2 Å². The molecule has 0 atom stereocenters. The average molecular weight is 452 g/mol. The second kappa shape index (κ2) is 8.41. The minimum Gasteiger partial charge on any atom is -0.351 e. The summed E-state index contributed by atoms with van der Waals surface area (Å²) < 4.78 is 28.5. The third-order valence-electron chi connectivity index (χ3n) is 4.42. The van der Waals surface area contributed by atoms with Gasteiger partial charge in [0.15, 0.2) is 0 Å². The molecule has 0 heterocycles. The molecule has 0 aromatic heterocycles. The predicted octanol–water partition coefficient (Wildman–Crippen LogP) is 3.07. The zero-order valence-corrected chi connectivity index (χ0v) is 17.4. The van der Waals surface area contributed by atoms with Crippen molar-refractivity contribution in [3.63, 3.8) is 0 Å². The fraction of sp³-hybridized carbons (Fsp3) is 0.316. The Kier molecular flexibility index (Phi) is 6.18. The molecular weight excluding hydrogens is 430 g/mol. The van der Waals surface area contributed by atoms with Crippen LogP contribution in [0.2, 0.25) is 0 Å². The van der Waals surface area contributed by atoms with Crippen molar-refractivity contribution in [2.75, 3.05) is 24.9 Å². The molecule has 0 aliphatic heterocycles. The minimum atomic E-state index is -3.77. The summed E-state index contributed by atoms with van der Waals surface area (Å²) in [7, 11) is -1.73. The molecular formula is C19H22BrN3O3S. The zero-order chi connectivity index (χ0) is 19.4. The van der Waals surface area contributed by atoms with Crippen LogP contribution in [0.3, 0.4) is 0 Å². The van der Waals surface area contributed by atoms with Crippen LogP contribution in [0.1, 0.15) is 23.2 Å². The summed E-state index contributed by atoms with van der Waals surface area (Å²) in [4.78, 5) is 14.6. The zero-order valence-electron chi connectivity index (χ0n) is 15.0. The van der Waals surface area contributed by atoms with Gasteiger partial charge in [0.05, 0.1) is 4.90 Å². The Balaban J connectivity index is 1.64. The molecule has 1 aliphatic carbocycles. The number of nitrogens with one attached hydrogen (secondary N) is 2. The summed E-state index contributed by atoms with van der Waals surface area (Å²) in [6, 6.07) is 13.5. The van der Waals surface area contributed by atoms with Gasteiger partial charge in [0, 0.05) is 34.9 Å². The van der Waals surface area contributed by atoms with E-state index < -0.39 is 10.0 Å². The van der Waals surface area contributed by atoms with Crippen LogP contribution < -0.4 is 10.0 Å². The van der Waals surface area contributed by atoms with E-state index >= 15 is 0 Å². The van der Waals surface area contributed by atoms with Crippen molar-refractivity contribution >= 4 is 37.5 Å². The molecule has 6 nitrogen and oxygen atoms in total. The normalized spacial score (nSPS) is 14.2. The number of rotatable bonds is 8. The van der Waals surface area contributed by atoms with Crippen molar-refractivity contribution in [1.29, 1.82) is 0 Å². The van der Waals surface area contributed by atoms with Gasteiger partial charge in [0.25, 0.3) is 15.9 Å². The van der Waals surface area contributed by atoms with Crippen molar-refractivity contribution in [3.8, 4) is 0 Å². The number of amides is 1. The van der Waals surface area contributed by atoms with Crippen LogP contribution in [0.25, 0.3) is 0 Å². The molecule has 2 aromatic carbocycles. The molecule has 0 unspecified atom stereocenters. The maximum absolute atomic E-state index is 12.6. The number of halogens is 1. The van der Waals surface area contributed by atoms with E-state index in [-0.39, 0.29) is 10.8 Å². The van der Waals surface area contributed by atoms with Crippen molar-refractivity contribution in [2.45, 2.75) is 23.8 Å². The Morgan fingerprint density at radius 2 is 1.89 bits per heavy atom. The maximum atomic E-state index is 12.6. The molecule has 1 saturated carbocycles. The number of nitrogens with zero attached hydrogens (tertiary/aromatic N) is 1. The van der Waals surface area contributed by atoms with Crippen molar-refractivity contribution in [1.82, 2.24) is 10.2 Å². The summed E-state index contributed by atoms with van der Waals surface area (Å²) in [5, 5.41) is 2.85. The number of benzene rings is 2. The predicted molar refractivity (Wildman–Crippen MR) is 109 cm³/mol. The number of anilines is 1. The lowest BCUT2D eigenvalue weighted by atomic mass is 10.2. The molecule has 0 bridgehead atoms. The third-order valence-corrected chi connectivity index (χ3v) is 6.33. The Bertz CT molecular complexity index is 912. The first-order valence-corrected chi connectivity index (χ1v) is 11.0. The van der Waals surface area contributed by atoms with Gasteiger partial charge in [-0.15, -0.1) is 0 Å². The number of hydrogen-bond acceptors (Lipinski definition) is 4. The maximum Gasteiger partial charge on any atom is 0.261 e. The van der Waals surface area contributed by atoms with E-state index in [1.807, 2.05) is 7.05 Å². The van der Waals surface area contributed by atoms with Gasteiger partial charge in [-0.2, -0.15) is 0 Å². The first-order chi connectivity index (χ1) is 12.8.